The summed E-state index contributed by atoms with van der Waals surface area (Å²) in [5.41, 5.74) is 2.09. The summed E-state index contributed by atoms with van der Waals surface area (Å²) in [4.78, 5) is 21.7. The van der Waals surface area contributed by atoms with E-state index < -0.39 is 18.0 Å². The van der Waals surface area contributed by atoms with E-state index in [1.54, 1.807) is 0 Å². The second-order valence-electron chi connectivity index (χ2n) is 3.85. The predicted molar refractivity (Wildman–Crippen MR) is 61.0 cm³/mol. The van der Waals surface area contributed by atoms with Crippen LogP contribution in [-0.4, -0.2) is 18.0 Å². The Hall–Kier alpha value is -2.04. The molecule has 2 amide bonds. The summed E-state index contributed by atoms with van der Waals surface area (Å²) >= 11 is 0. The molecule has 0 unspecified atom stereocenters. The SMILES string of the molecule is Cc1ccc(CNC(=O)N[C@@H](C)C(=O)[O-])cc1. The molecule has 1 rings (SSSR count). The number of carbonyl (C=O) groups excluding carboxylic acids is 2. The fraction of sp³-hybridized carbons (Fsp3) is 0.333. The van der Waals surface area contributed by atoms with E-state index in [-0.39, 0.29) is 0 Å². The zero-order valence-corrected chi connectivity index (χ0v) is 9.82. The Balaban J connectivity index is 2.38. The molecule has 0 aliphatic rings. The molecule has 0 aliphatic carbocycles. The van der Waals surface area contributed by atoms with E-state index in [4.69, 9.17) is 0 Å². The lowest BCUT2D eigenvalue weighted by Crippen LogP contribution is -2.49. The van der Waals surface area contributed by atoms with Crippen LogP contribution in [0, 0.1) is 6.92 Å². The van der Waals surface area contributed by atoms with Crippen molar-refractivity contribution in [2.75, 3.05) is 0 Å². The van der Waals surface area contributed by atoms with Gasteiger partial charge in [0.2, 0.25) is 0 Å². The first-order chi connectivity index (χ1) is 7.99. The number of carboxylic acid groups (broad SMARTS) is 1. The van der Waals surface area contributed by atoms with Crippen LogP contribution in [0.15, 0.2) is 24.3 Å². The largest absolute Gasteiger partial charge is 0.548 e. The molecule has 0 saturated carbocycles. The van der Waals surface area contributed by atoms with Gasteiger partial charge >= 0.3 is 6.03 Å². The van der Waals surface area contributed by atoms with Gasteiger partial charge in [-0.2, -0.15) is 0 Å². The lowest BCUT2D eigenvalue weighted by Gasteiger charge is -2.15. The van der Waals surface area contributed by atoms with Crippen molar-refractivity contribution >= 4 is 12.0 Å². The highest BCUT2D eigenvalue weighted by Crippen LogP contribution is 2.02. The van der Waals surface area contributed by atoms with Crippen molar-refractivity contribution in [3.63, 3.8) is 0 Å². The Bertz CT molecular complexity index is 401. The van der Waals surface area contributed by atoms with Crippen LogP contribution in [0.2, 0.25) is 0 Å². The van der Waals surface area contributed by atoms with Crippen molar-refractivity contribution < 1.29 is 14.7 Å². The third kappa shape index (κ3) is 4.55. The summed E-state index contributed by atoms with van der Waals surface area (Å²) in [5.74, 6) is -1.31. The van der Waals surface area contributed by atoms with Gasteiger partial charge in [-0.05, 0) is 19.4 Å². The Morgan fingerprint density at radius 1 is 1.29 bits per heavy atom. The van der Waals surface area contributed by atoms with Crippen molar-refractivity contribution in [3.05, 3.63) is 35.4 Å². The molecule has 17 heavy (non-hydrogen) atoms. The molecule has 0 radical (unpaired) electrons. The monoisotopic (exact) mass is 235 g/mol. The molecule has 0 bridgehead atoms. The van der Waals surface area contributed by atoms with Crippen LogP contribution in [0.25, 0.3) is 0 Å². The number of rotatable bonds is 4. The van der Waals surface area contributed by atoms with Crippen molar-refractivity contribution in [1.82, 2.24) is 10.6 Å². The van der Waals surface area contributed by atoms with Crippen LogP contribution in [0.3, 0.4) is 0 Å². The van der Waals surface area contributed by atoms with Gasteiger partial charge in [0.05, 0.1) is 12.0 Å². The van der Waals surface area contributed by atoms with Gasteiger partial charge in [0, 0.05) is 6.54 Å². The standard InChI is InChI=1S/C12H16N2O3/c1-8-3-5-10(6-4-8)7-13-12(17)14-9(2)11(15)16/h3-6,9H,7H2,1-2H3,(H,15,16)(H2,13,14,17)/p-1/t9-/m0/s1. The maximum atomic E-state index is 11.3. The minimum atomic E-state index is -1.31. The number of hydrogen-bond donors (Lipinski definition) is 2. The van der Waals surface area contributed by atoms with Crippen LogP contribution < -0.4 is 15.7 Å². The van der Waals surface area contributed by atoms with E-state index in [2.05, 4.69) is 10.6 Å². The number of urea groups is 1. The molecule has 0 heterocycles. The second-order valence-corrected chi connectivity index (χ2v) is 3.85. The van der Waals surface area contributed by atoms with Crippen LogP contribution in [0.5, 0.6) is 0 Å². The zero-order chi connectivity index (χ0) is 12.8. The lowest BCUT2D eigenvalue weighted by atomic mass is 10.1. The fourth-order valence-corrected chi connectivity index (χ4v) is 1.19. The number of aryl methyl sites for hydroxylation is 1. The van der Waals surface area contributed by atoms with Crippen molar-refractivity contribution in [1.29, 1.82) is 0 Å². The van der Waals surface area contributed by atoms with Gasteiger partial charge in [-0.15, -0.1) is 0 Å². The van der Waals surface area contributed by atoms with Gasteiger partial charge < -0.3 is 20.5 Å². The molecule has 0 aromatic heterocycles. The average Bonchev–Trinajstić information content (AvgIpc) is 2.28. The van der Waals surface area contributed by atoms with Gasteiger partial charge in [0.15, 0.2) is 0 Å². The number of amides is 2. The zero-order valence-electron chi connectivity index (χ0n) is 9.82. The summed E-state index contributed by atoms with van der Waals surface area (Å²) in [7, 11) is 0. The van der Waals surface area contributed by atoms with Crippen LogP contribution in [-0.2, 0) is 11.3 Å². The first-order valence-corrected chi connectivity index (χ1v) is 5.30. The van der Waals surface area contributed by atoms with Crippen LogP contribution in [0.4, 0.5) is 4.79 Å². The van der Waals surface area contributed by atoms with Crippen LogP contribution in [0.1, 0.15) is 18.1 Å². The number of benzene rings is 1. The summed E-state index contributed by atoms with van der Waals surface area (Å²) in [6.07, 6.45) is 0. The van der Waals surface area contributed by atoms with E-state index in [0.29, 0.717) is 6.54 Å². The molecular formula is C12H15N2O3-. The Labute approximate surface area is 99.8 Å². The number of aliphatic carboxylic acids is 1. The topological polar surface area (TPSA) is 81.3 Å². The maximum absolute atomic E-state index is 11.3. The summed E-state index contributed by atoms with van der Waals surface area (Å²) in [6, 6.07) is 6.16. The summed E-state index contributed by atoms with van der Waals surface area (Å²) in [6.45, 7) is 3.68. The number of nitrogens with one attached hydrogen (secondary N) is 2. The third-order valence-corrected chi connectivity index (χ3v) is 2.27. The van der Waals surface area contributed by atoms with Crippen LogP contribution >= 0.6 is 0 Å². The number of carbonyl (C=O) groups is 2. The van der Waals surface area contributed by atoms with E-state index in [0.717, 1.165) is 11.1 Å². The maximum Gasteiger partial charge on any atom is 0.315 e. The second kappa shape index (κ2) is 5.89. The highest BCUT2D eigenvalue weighted by molar-refractivity contribution is 5.81. The number of carboxylic acids is 1. The predicted octanol–water partition coefficient (Wildman–Crippen LogP) is -0.0674. The molecule has 1 aromatic rings. The Kier molecular flexibility index (Phi) is 4.51. The average molecular weight is 235 g/mol. The van der Waals surface area contributed by atoms with E-state index >= 15 is 0 Å². The van der Waals surface area contributed by atoms with Gasteiger partial charge in [-0.3, -0.25) is 0 Å². The molecule has 1 atom stereocenters. The Morgan fingerprint density at radius 3 is 2.41 bits per heavy atom. The lowest BCUT2D eigenvalue weighted by molar-refractivity contribution is -0.307. The quantitative estimate of drug-likeness (QED) is 0.766. The van der Waals surface area contributed by atoms with Crippen molar-refractivity contribution in [2.45, 2.75) is 26.4 Å². The molecule has 1 aromatic carbocycles. The smallest absolute Gasteiger partial charge is 0.315 e. The minimum Gasteiger partial charge on any atom is -0.548 e. The van der Waals surface area contributed by atoms with Gasteiger partial charge in [-0.1, -0.05) is 29.8 Å². The first-order valence-electron chi connectivity index (χ1n) is 5.30. The molecule has 5 heteroatoms. The van der Waals surface area contributed by atoms with Crippen molar-refractivity contribution in [3.8, 4) is 0 Å². The molecular weight excluding hydrogens is 220 g/mol. The third-order valence-electron chi connectivity index (χ3n) is 2.27. The molecule has 0 fully saturated rings. The van der Waals surface area contributed by atoms with E-state index in [1.165, 1.54) is 6.92 Å². The first kappa shape index (κ1) is 13.0. The normalized spacial score (nSPS) is 11.6. The van der Waals surface area contributed by atoms with Gasteiger partial charge in [0.1, 0.15) is 0 Å². The molecule has 0 aliphatic heterocycles. The number of hydrogen-bond acceptors (Lipinski definition) is 3. The fourth-order valence-electron chi connectivity index (χ4n) is 1.19. The molecule has 92 valence electrons. The van der Waals surface area contributed by atoms with Gasteiger partial charge in [-0.25, -0.2) is 4.79 Å². The molecule has 0 saturated heterocycles. The Morgan fingerprint density at radius 2 is 1.88 bits per heavy atom. The molecule has 5 nitrogen and oxygen atoms in total. The summed E-state index contributed by atoms with van der Waals surface area (Å²) < 4.78 is 0. The summed E-state index contributed by atoms with van der Waals surface area (Å²) in [5, 5.41) is 15.2. The molecule has 2 N–H and O–H groups in total. The van der Waals surface area contributed by atoms with E-state index in [1.807, 2.05) is 31.2 Å². The van der Waals surface area contributed by atoms with Gasteiger partial charge in [0.25, 0.3) is 0 Å². The molecule has 0 spiro atoms. The van der Waals surface area contributed by atoms with Crippen molar-refractivity contribution in [2.24, 2.45) is 0 Å². The highest BCUT2D eigenvalue weighted by Gasteiger charge is 2.06. The minimum absolute atomic E-state index is 0.353. The van der Waals surface area contributed by atoms with E-state index in [9.17, 15) is 14.7 Å². The highest BCUT2D eigenvalue weighted by atomic mass is 16.4.